The van der Waals surface area contributed by atoms with E-state index in [4.69, 9.17) is 0 Å². The van der Waals surface area contributed by atoms with E-state index in [1.165, 1.54) is 20.9 Å². The molecule has 132 valence electrons. The summed E-state index contributed by atoms with van der Waals surface area (Å²) in [7, 11) is -3.54. The van der Waals surface area contributed by atoms with Crippen LogP contribution in [0.4, 0.5) is 5.69 Å². The standard InChI is InChI=1S/C20H23NO2STe/c1-3-4-15-25-20-13-14-21(19-8-6-5-7-18(19)20)24(22,23)17-11-9-16(2)10-12-17/h5-13H,3-4,14-15H2,1-2H3. The molecule has 0 aromatic heterocycles. The van der Waals surface area contributed by atoms with E-state index in [1.54, 1.807) is 16.4 Å². The van der Waals surface area contributed by atoms with Crippen molar-refractivity contribution >= 4 is 40.3 Å². The second-order valence-corrected chi connectivity index (χ2v) is 11.2. The van der Waals surface area contributed by atoms with Gasteiger partial charge in [-0.25, -0.2) is 0 Å². The van der Waals surface area contributed by atoms with Gasteiger partial charge < -0.3 is 0 Å². The monoisotopic (exact) mass is 471 g/mol. The molecule has 0 N–H and O–H groups in total. The quantitative estimate of drug-likeness (QED) is 0.463. The molecule has 3 nitrogen and oxygen atoms in total. The van der Waals surface area contributed by atoms with Gasteiger partial charge in [0.1, 0.15) is 0 Å². The van der Waals surface area contributed by atoms with Crippen LogP contribution in [-0.2, 0) is 10.0 Å². The summed E-state index contributed by atoms with van der Waals surface area (Å²) in [5.41, 5.74) is 2.98. The number of para-hydroxylation sites is 1. The van der Waals surface area contributed by atoms with Crippen LogP contribution in [0.15, 0.2) is 59.5 Å². The van der Waals surface area contributed by atoms with Gasteiger partial charge in [-0.05, 0) is 0 Å². The Balaban J connectivity index is 1.95. The zero-order valence-electron chi connectivity index (χ0n) is 14.6. The average Bonchev–Trinajstić information content (AvgIpc) is 2.62. The van der Waals surface area contributed by atoms with Crippen LogP contribution in [0.5, 0.6) is 0 Å². The molecule has 0 fully saturated rings. The fraction of sp³-hybridized carbons (Fsp3) is 0.300. The van der Waals surface area contributed by atoms with Crippen molar-refractivity contribution in [2.75, 3.05) is 10.8 Å². The minimum atomic E-state index is -3.54. The van der Waals surface area contributed by atoms with Crippen molar-refractivity contribution in [1.29, 1.82) is 0 Å². The third kappa shape index (κ3) is 3.95. The van der Waals surface area contributed by atoms with Crippen LogP contribution < -0.4 is 4.31 Å². The molecule has 0 saturated carbocycles. The third-order valence-electron chi connectivity index (χ3n) is 4.25. The minimum absolute atomic E-state index is 0.263. The van der Waals surface area contributed by atoms with Crippen LogP contribution in [0, 0.1) is 6.92 Å². The summed E-state index contributed by atoms with van der Waals surface area (Å²) < 4.78 is 30.5. The fourth-order valence-electron chi connectivity index (χ4n) is 2.80. The molecule has 3 rings (SSSR count). The van der Waals surface area contributed by atoms with Crippen molar-refractivity contribution < 1.29 is 8.42 Å². The van der Waals surface area contributed by atoms with Gasteiger partial charge in [0.2, 0.25) is 0 Å². The van der Waals surface area contributed by atoms with Crippen LogP contribution in [0.2, 0.25) is 4.47 Å². The van der Waals surface area contributed by atoms with E-state index in [-0.39, 0.29) is 20.9 Å². The number of rotatable bonds is 6. The molecule has 0 bridgehead atoms. The van der Waals surface area contributed by atoms with Crippen molar-refractivity contribution in [2.45, 2.75) is 36.1 Å². The van der Waals surface area contributed by atoms with Gasteiger partial charge in [-0.15, -0.1) is 0 Å². The van der Waals surface area contributed by atoms with E-state index in [1.807, 2.05) is 37.3 Å². The number of anilines is 1. The first kappa shape index (κ1) is 18.5. The first-order valence-electron chi connectivity index (χ1n) is 8.56. The number of nitrogens with zero attached hydrogens (tertiary/aromatic N) is 1. The Bertz CT molecular complexity index is 873. The Morgan fingerprint density at radius 2 is 1.80 bits per heavy atom. The zero-order valence-corrected chi connectivity index (χ0v) is 17.8. The molecule has 1 aliphatic heterocycles. The van der Waals surface area contributed by atoms with E-state index in [0.717, 1.165) is 16.8 Å². The number of unbranched alkanes of at least 4 members (excludes halogenated alkanes) is 1. The molecule has 0 amide bonds. The summed E-state index contributed by atoms with van der Waals surface area (Å²) in [6.07, 6.45) is 4.60. The third-order valence-corrected chi connectivity index (χ3v) is 9.44. The van der Waals surface area contributed by atoms with Gasteiger partial charge in [0, 0.05) is 0 Å². The van der Waals surface area contributed by atoms with Crippen molar-refractivity contribution in [3.05, 3.63) is 65.7 Å². The fourth-order valence-corrected chi connectivity index (χ4v) is 7.57. The van der Waals surface area contributed by atoms with Crippen molar-refractivity contribution in [1.82, 2.24) is 0 Å². The van der Waals surface area contributed by atoms with E-state index >= 15 is 0 Å². The molecule has 0 saturated heterocycles. The van der Waals surface area contributed by atoms with Crippen LogP contribution >= 0.6 is 0 Å². The van der Waals surface area contributed by atoms with Gasteiger partial charge in [-0.2, -0.15) is 0 Å². The molecule has 0 spiro atoms. The Labute approximate surface area is 160 Å². The van der Waals surface area contributed by atoms with Gasteiger partial charge in [0.15, 0.2) is 0 Å². The summed E-state index contributed by atoms with van der Waals surface area (Å²) in [6, 6.07) is 15.0. The predicted octanol–water partition coefficient (Wildman–Crippen LogP) is 4.47. The first-order valence-corrected chi connectivity index (χ1v) is 12.8. The number of benzene rings is 2. The van der Waals surface area contributed by atoms with Crippen molar-refractivity contribution in [2.24, 2.45) is 0 Å². The summed E-state index contributed by atoms with van der Waals surface area (Å²) in [4.78, 5) is 0.354. The maximum absolute atomic E-state index is 13.1. The van der Waals surface area contributed by atoms with E-state index in [0.29, 0.717) is 11.4 Å². The topological polar surface area (TPSA) is 37.4 Å². The molecule has 2 aromatic rings. The predicted molar refractivity (Wildman–Crippen MR) is 106 cm³/mol. The SMILES string of the molecule is CCCC[Te]C1=CCN(S(=O)(=O)c2ccc(C)cc2)c2ccccc21. The Hall–Kier alpha value is -1.28. The molecule has 25 heavy (non-hydrogen) atoms. The first-order chi connectivity index (χ1) is 12.0. The van der Waals surface area contributed by atoms with Crippen LogP contribution in [-0.4, -0.2) is 35.9 Å². The number of sulfonamides is 1. The molecule has 5 heteroatoms. The second-order valence-electron chi connectivity index (χ2n) is 6.14. The van der Waals surface area contributed by atoms with Gasteiger partial charge in [0.25, 0.3) is 0 Å². The summed E-state index contributed by atoms with van der Waals surface area (Å²) in [6.45, 7) is 4.60. The van der Waals surface area contributed by atoms with Gasteiger partial charge in [0.05, 0.1) is 0 Å². The zero-order chi connectivity index (χ0) is 17.9. The van der Waals surface area contributed by atoms with Crippen LogP contribution in [0.3, 0.4) is 0 Å². The second kappa shape index (κ2) is 7.95. The van der Waals surface area contributed by atoms with Crippen LogP contribution in [0.1, 0.15) is 30.9 Å². The van der Waals surface area contributed by atoms with Crippen LogP contribution in [0.25, 0.3) is 3.62 Å². The molecule has 0 atom stereocenters. The normalized spacial score (nSPS) is 14.2. The number of hydrogen-bond donors (Lipinski definition) is 0. The number of hydrogen-bond acceptors (Lipinski definition) is 2. The number of fused-ring (bicyclic) bond motifs is 1. The Morgan fingerprint density at radius 3 is 2.52 bits per heavy atom. The maximum atomic E-state index is 13.1. The van der Waals surface area contributed by atoms with E-state index in [2.05, 4.69) is 19.1 Å². The Kier molecular flexibility index (Phi) is 5.89. The average molecular weight is 469 g/mol. The van der Waals surface area contributed by atoms with Gasteiger partial charge >= 0.3 is 161 Å². The summed E-state index contributed by atoms with van der Waals surface area (Å²) in [5.74, 6) is 0. The van der Waals surface area contributed by atoms with Gasteiger partial charge in [-0.3, -0.25) is 0 Å². The van der Waals surface area contributed by atoms with Crippen molar-refractivity contribution in [3.8, 4) is 0 Å². The molecule has 1 heterocycles. The van der Waals surface area contributed by atoms with E-state index in [9.17, 15) is 8.42 Å². The van der Waals surface area contributed by atoms with Crippen molar-refractivity contribution in [3.63, 3.8) is 0 Å². The summed E-state index contributed by atoms with van der Waals surface area (Å²) in [5, 5.41) is 0. The molecule has 0 radical (unpaired) electrons. The molecule has 0 unspecified atom stereocenters. The van der Waals surface area contributed by atoms with E-state index < -0.39 is 10.0 Å². The Morgan fingerprint density at radius 1 is 1.08 bits per heavy atom. The molecule has 2 aromatic carbocycles. The molecule has 0 aliphatic carbocycles. The summed E-state index contributed by atoms with van der Waals surface area (Å²) >= 11 is -0.263. The molecule has 1 aliphatic rings. The number of aryl methyl sites for hydroxylation is 1. The van der Waals surface area contributed by atoms with Gasteiger partial charge in [-0.1, -0.05) is 0 Å². The molecular formula is C20H23NO2STe. The molecular weight excluding hydrogens is 446 g/mol.